The molecular formula is C24H26O5. The number of hydrogen-bond donors (Lipinski definition) is 0. The molecule has 0 spiro atoms. The fourth-order valence-electron chi connectivity index (χ4n) is 4.25. The second-order valence-corrected chi connectivity index (χ2v) is 7.04. The van der Waals surface area contributed by atoms with E-state index >= 15 is 0 Å². The topological polar surface area (TPSA) is 61.8 Å². The van der Waals surface area contributed by atoms with Gasteiger partial charge < -0.3 is 14.2 Å². The van der Waals surface area contributed by atoms with Gasteiger partial charge in [0.2, 0.25) is 5.41 Å². The van der Waals surface area contributed by atoms with E-state index in [1.807, 2.05) is 79.7 Å². The number of carbonyl (C=O) groups is 2. The van der Waals surface area contributed by atoms with Gasteiger partial charge in [-0.2, -0.15) is 0 Å². The van der Waals surface area contributed by atoms with Crippen LogP contribution in [0.25, 0.3) is 0 Å². The van der Waals surface area contributed by atoms with E-state index in [2.05, 4.69) is 0 Å². The van der Waals surface area contributed by atoms with Crippen LogP contribution in [-0.2, 0) is 23.8 Å². The Labute approximate surface area is 171 Å². The molecule has 29 heavy (non-hydrogen) atoms. The molecular weight excluding hydrogens is 368 g/mol. The van der Waals surface area contributed by atoms with Crippen molar-refractivity contribution in [1.29, 1.82) is 0 Å². The average Bonchev–Trinajstić information content (AvgIpc) is 2.78. The highest BCUT2D eigenvalue weighted by molar-refractivity contribution is 6.02. The van der Waals surface area contributed by atoms with Crippen LogP contribution in [0, 0.1) is 5.41 Å². The van der Waals surface area contributed by atoms with Gasteiger partial charge in [-0.25, -0.2) is 0 Å². The Balaban J connectivity index is 2.29. The lowest BCUT2D eigenvalue weighted by Crippen LogP contribution is -2.55. The summed E-state index contributed by atoms with van der Waals surface area (Å²) in [6.45, 7) is 1.92. The van der Waals surface area contributed by atoms with Crippen molar-refractivity contribution in [2.75, 3.05) is 14.2 Å². The standard InChI is InChI=1S/C24H26O5/c1-4-11-19-16-20(17-12-7-5-8-13-17)24(22(25)27-2,23(26)28-3)21(29-19)18-14-9-6-10-15-18/h4-15,19-21H,16H2,1-3H3/b11-4+/t19-,20-,21+/m0/s1. The van der Waals surface area contributed by atoms with Gasteiger partial charge in [0.25, 0.3) is 0 Å². The fraction of sp³-hybridized carbons (Fsp3) is 0.333. The van der Waals surface area contributed by atoms with E-state index in [1.54, 1.807) is 0 Å². The fourth-order valence-corrected chi connectivity index (χ4v) is 4.25. The monoisotopic (exact) mass is 394 g/mol. The highest BCUT2D eigenvalue weighted by Gasteiger charge is 2.64. The summed E-state index contributed by atoms with van der Waals surface area (Å²) < 4.78 is 16.7. The Morgan fingerprint density at radius 2 is 1.45 bits per heavy atom. The van der Waals surface area contributed by atoms with Crippen LogP contribution in [0.3, 0.4) is 0 Å². The molecule has 5 heteroatoms. The molecule has 0 bridgehead atoms. The molecule has 0 saturated carbocycles. The van der Waals surface area contributed by atoms with E-state index < -0.39 is 29.4 Å². The predicted molar refractivity (Wildman–Crippen MR) is 109 cm³/mol. The zero-order valence-corrected chi connectivity index (χ0v) is 16.9. The molecule has 1 heterocycles. The molecule has 3 atom stereocenters. The first-order valence-electron chi connectivity index (χ1n) is 9.64. The number of benzene rings is 2. The first-order valence-corrected chi connectivity index (χ1v) is 9.64. The second kappa shape index (κ2) is 9.05. The number of carbonyl (C=O) groups excluding carboxylic acids is 2. The van der Waals surface area contributed by atoms with Crippen LogP contribution in [0.2, 0.25) is 0 Å². The number of esters is 2. The molecule has 0 unspecified atom stereocenters. The molecule has 1 fully saturated rings. The quantitative estimate of drug-likeness (QED) is 0.432. The van der Waals surface area contributed by atoms with Gasteiger partial charge in [0.1, 0.15) is 6.10 Å². The Morgan fingerprint density at radius 1 is 0.931 bits per heavy atom. The van der Waals surface area contributed by atoms with Gasteiger partial charge in [0, 0.05) is 5.92 Å². The van der Waals surface area contributed by atoms with E-state index in [1.165, 1.54) is 14.2 Å². The summed E-state index contributed by atoms with van der Waals surface area (Å²) >= 11 is 0. The van der Waals surface area contributed by atoms with Crippen molar-refractivity contribution >= 4 is 11.9 Å². The molecule has 152 valence electrons. The third-order valence-electron chi connectivity index (χ3n) is 5.50. The summed E-state index contributed by atoms with van der Waals surface area (Å²) in [7, 11) is 2.57. The Hall–Kier alpha value is -2.92. The SMILES string of the molecule is C/C=C/[C@H]1C[C@@H](c2ccccc2)C(C(=O)OC)(C(=O)OC)[C@@H](c2ccccc2)O1. The number of hydrogen-bond acceptors (Lipinski definition) is 5. The lowest BCUT2D eigenvalue weighted by Gasteiger charge is -2.47. The number of rotatable bonds is 5. The van der Waals surface area contributed by atoms with E-state index in [9.17, 15) is 9.59 Å². The Bertz CT molecular complexity index is 792. The minimum Gasteiger partial charge on any atom is -0.468 e. The molecule has 3 rings (SSSR count). The smallest absolute Gasteiger partial charge is 0.326 e. The molecule has 2 aromatic rings. The lowest BCUT2D eigenvalue weighted by molar-refractivity contribution is -0.199. The Kier molecular flexibility index (Phi) is 6.49. The summed E-state index contributed by atoms with van der Waals surface area (Å²) in [6.07, 6.45) is 3.19. The van der Waals surface area contributed by atoms with Crippen molar-refractivity contribution in [3.05, 3.63) is 83.9 Å². The molecule has 0 aliphatic carbocycles. The van der Waals surface area contributed by atoms with Crippen LogP contribution in [0.4, 0.5) is 0 Å². The van der Waals surface area contributed by atoms with Crippen molar-refractivity contribution in [2.45, 2.75) is 31.5 Å². The average molecular weight is 394 g/mol. The molecule has 0 aromatic heterocycles. The summed E-state index contributed by atoms with van der Waals surface area (Å²) in [5, 5.41) is 0. The van der Waals surface area contributed by atoms with Crippen molar-refractivity contribution in [1.82, 2.24) is 0 Å². The third kappa shape index (κ3) is 3.70. The van der Waals surface area contributed by atoms with Gasteiger partial charge in [0.15, 0.2) is 0 Å². The molecule has 1 aliphatic rings. The van der Waals surface area contributed by atoms with Gasteiger partial charge in [0.05, 0.1) is 20.3 Å². The lowest BCUT2D eigenvalue weighted by atomic mass is 9.62. The zero-order valence-electron chi connectivity index (χ0n) is 16.9. The zero-order chi connectivity index (χ0) is 20.9. The summed E-state index contributed by atoms with van der Waals surface area (Å²) in [5.74, 6) is -1.80. The van der Waals surface area contributed by atoms with Gasteiger partial charge in [-0.3, -0.25) is 9.59 Å². The molecule has 1 aliphatic heterocycles. The molecule has 2 aromatic carbocycles. The van der Waals surface area contributed by atoms with E-state index in [4.69, 9.17) is 14.2 Å². The maximum atomic E-state index is 13.3. The minimum atomic E-state index is -1.66. The van der Waals surface area contributed by atoms with Crippen LogP contribution < -0.4 is 0 Å². The predicted octanol–water partition coefficient (Wildman–Crippen LogP) is 4.21. The van der Waals surface area contributed by atoms with Crippen LogP contribution >= 0.6 is 0 Å². The Morgan fingerprint density at radius 3 is 1.93 bits per heavy atom. The van der Waals surface area contributed by atoms with Crippen LogP contribution in [0.15, 0.2) is 72.8 Å². The summed E-state index contributed by atoms with van der Waals surface area (Å²) in [6, 6.07) is 18.8. The maximum absolute atomic E-state index is 13.3. The second-order valence-electron chi connectivity index (χ2n) is 7.04. The van der Waals surface area contributed by atoms with Gasteiger partial charge in [-0.1, -0.05) is 72.8 Å². The van der Waals surface area contributed by atoms with Gasteiger partial charge in [-0.05, 0) is 24.5 Å². The molecule has 1 saturated heterocycles. The van der Waals surface area contributed by atoms with Crippen LogP contribution in [0.5, 0.6) is 0 Å². The number of methoxy groups -OCH3 is 2. The summed E-state index contributed by atoms with van der Waals surface area (Å²) in [5.41, 5.74) is -0.0786. The van der Waals surface area contributed by atoms with Crippen molar-refractivity contribution in [2.24, 2.45) is 5.41 Å². The summed E-state index contributed by atoms with van der Waals surface area (Å²) in [4.78, 5) is 26.6. The van der Waals surface area contributed by atoms with Gasteiger partial charge in [-0.15, -0.1) is 0 Å². The van der Waals surface area contributed by atoms with E-state index in [0.29, 0.717) is 6.42 Å². The minimum absolute atomic E-state index is 0.266. The molecule has 0 radical (unpaired) electrons. The van der Waals surface area contributed by atoms with Gasteiger partial charge >= 0.3 is 11.9 Å². The third-order valence-corrected chi connectivity index (χ3v) is 5.50. The van der Waals surface area contributed by atoms with E-state index in [-0.39, 0.29) is 6.10 Å². The molecule has 0 amide bonds. The first-order chi connectivity index (χ1) is 14.1. The highest BCUT2D eigenvalue weighted by atomic mass is 16.6. The van der Waals surface area contributed by atoms with Crippen molar-refractivity contribution in [3.8, 4) is 0 Å². The first kappa shape index (κ1) is 20.8. The maximum Gasteiger partial charge on any atom is 0.326 e. The van der Waals surface area contributed by atoms with Crippen LogP contribution in [0.1, 0.15) is 36.5 Å². The highest BCUT2D eigenvalue weighted by Crippen LogP contribution is 2.55. The van der Waals surface area contributed by atoms with Crippen LogP contribution in [-0.4, -0.2) is 32.3 Å². The van der Waals surface area contributed by atoms with Crippen molar-refractivity contribution in [3.63, 3.8) is 0 Å². The number of ether oxygens (including phenoxy) is 3. The normalized spacial score (nSPS) is 23.5. The molecule has 0 N–H and O–H groups in total. The van der Waals surface area contributed by atoms with Crippen molar-refractivity contribution < 1.29 is 23.8 Å². The molecule has 5 nitrogen and oxygen atoms in total. The van der Waals surface area contributed by atoms with E-state index in [0.717, 1.165) is 11.1 Å². The number of allylic oxidation sites excluding steroid dienone is 1. The largest absolute Gasteiger partial charge is 0.468 e.